The van der Waals surface area contributed by atoms with Crippen LogP contribution in [0.15, 0.2) is 59.1 Å². The summed E-state index contributed by atoms with van der Waals surface area (Å²) >= 11 is 0. The number of nitrogens with two attached hydrogens (primary N) is 2. The monoisotopic (exact) mass is 670 g/mol. The number of amides is 2. The number of primary amides is 2. The van der Waals surface area contributed by atoms with Crippen LogP contribution in [-0.2, 0) is 38.2 Å². The Morgan fingerprint density at radius 2 is 0.979 bits per heavy atom. The van der Waals surface area contributed by atoms with Crippen LogP contribution in [-0.4, -0.2) is 87.2 Å². The van der Waals surface area contributed by atoms with Crippen molar-refractivity contribution in [3.63, 3.8) is 0 Å². The fourth-order valence-corrected chi connectivity index (χ4v) is 4.98. The molecule has 0 radical (unpaired) electrons. The Morgan fingerprint density at radius 3 is 1.27 bits per heavy atom. The van der Waals surface area contributed by atoms with Crippen molar-refractivity contribution in [2.75, 3.05) is 41.7 Å². The molecular weight excluding hydrogens is 636 g/mol. The molecule has 0 saturated heterocycles. The maximum absolute atomic E-state index is 13.9. The van der Waals surface area contributed by atoms with Crippen LogP contribution in [0.2, 0.25) is 0 Å². The molecule has 0 fully saturated rings. The molecule has 2 aromatic rings. The quantitative estimate of drug-likeness (QED) is 0.145. The molecule has 16 heteroatoms. The molecule has 2 atom stereocenters. The molecule has 0 spiro atoms. The van der Waals surface area contributed by atoms with Gasteiger partial charge in [0.15, 0.2) is 47.7 Å². The molecule has 0 bridgehead atoms. The molecular formula is C32H34N2O14. The van der Waals surface area contributed by atoms with Crippen LogP contribution in [0.4, 0.5) is 0 Å². The van der Waals surface area contributed by atoms with Crippen molar-refractivity contribution in [3.8, 4) is 23.0 Å². The highest BCUT2D eigenvalue weighted by Gasteiger charge is 2.43. The minimum atomic E-state index is -1.40. The van der Waals surface area contributed by atoms with E-state index in [1.54, 1.807) is 0 Å². The summed E-state index contributed by atoms with van der Waals surface area (Å²) in [7, 11) is 4.81. The van der Waals surface area contributed by atoms with E-state index in [0.717, 1.165) is 14.2 Å². The second kappa shape index (κ2) is 16.0. The lowest BCUT2D eigenvalue weighted by Crippen LogP contribution is -2.31. The SMILES string of the molecule is COC(=O)C[C@H](C1=C(O)C(=O)C([C@H](CC(=O)OC)c2ccc(OC)c(OCC(N)=O)c2)=C(O)C1=O)c1ccc(OC)c(OCC(N)=O)c1. The third-order valence-electron chi connectivity index (χ3n) is 7.24. The second-order valence-electron chi connectivity index (χ2n) is 10.2. The molecule has 16 nitrogen and oxygen atoms in total. The van der Waals surface area contributed by atoms with Crippen LogP contribution >= 0.6 is 0 Å². The van der Waals surface area contributed by atoms with Gasteiger partial charge in [0.05, 0.1) is 52.4 Å². The number of esters is 2. The maximum Gasteiger partial charge on any atom is 0.306 e. The van der Waals surface area contributed by atoms with Crippen molar-refractivity contribution in [2.45, 2.75) is 24.7 Å². The third kappa shape index (κ3) is 8.20. The van der Waals surface area contributed by atoms with E-state index in [1.807, 2.05) is 0 Å². The number of allylic oxidation sites excluding steroid dienone is 2. The number of benzene rings is 2. The summed E-state index contributed by atoms with van der Waals surface area (Å²) in [6, 6.07) is 8.19. The summed E-state index contributed by atoms with van der Waals surface area (Å²) in [4.78, 5) is 75.5. The number of hydrogen-bond donors (Lipinski definition) is 4. The first-order valence-corrected chi connectivity index (χ1v) is 14.0. The molecule has 6 N–H and O–H groups in total. The molecule has 2 aromatic carbocycles. The third-order valence-corrected chi connectivity index (χ3v) is 7.24. The first-order valence-electron chi connectivity index (χ1n) is 14.0. The number of aliphatic hydroxyl groups excluding tert-OH is 2. The lowest BCUT2D eigenvalue weighted by Gasteiger charge is -2.28. The Kier molecular flexibility index (Phi) is 12.1. The van der Waals surface area contributed by atoms with Gasteiger partial charge in [-0.15, -0.1) is 0 Å². The van der Waals surface area contributed by atoms with Gasteiger partial charge in [-0.3, -0.25) is 28.8 Å². The largest absolute Gasteiger partial charge is 0.504 e. The second-order valence-corrected chi connectivity index (χ2v) is 10.2. The number of rotatable bonds is 16. The van der Waals surface area contributed by atoms with E-state index in [-0.39, 0.29) is 34.1 Å². The van der Waals surface area contributed by atoms with Crippen LogP contribution in [0.25, 0.3) is 0 Å². The molecule has 0 saturated carbocycles. The highest BCUT2D eigenvalue weighted by molar-refractivity contribution is 6.24. The Hall–Kier alpha value is -6.06. The van der Waals surface area contributed by atoms with Gasteiger partial charge < -0.3 is 50.1 Å². The predicted octanol–water partition coefficient (Wildman–Crippen LogP) is 1.20. The van der Waals surface area contributed by atoms with Gasteiger partial charge in [0.25, 0.3) is 11.8 Å². The number of aliphatic hydroxyl groups is 2. The van der Waals surface area contributed by atoms with E-state index in [2.05, 4.69) is 0 Å². The van der Waals surface area contributed by atoms with E-state index in [9.17, 15) is 39.0 Å². The molecule has 1 aliphatic carbocycles. The normalized spacial score (nSPS) is 14.2. The average molecular weight is 671 g/mol. The van der Waals surface area contributed by atoms with Crippen LogP contribution < -0.4 is 30.4 Å². The molecule has 3 rings (SSSR count). The Balaban J connectivity index is 2.20. The molecule has 2 amide bonds. The van der Waals surface area contributed by atoms with Gasteiger partial charge in [0.1, 0.15) is 0 Å². The number of ketones is 2. The first kappa shape index (κ1) is 36.4. The number of hydrogen-bond acceptors (Lipinski definition) is 14. The van der Waals surface area contributed by atoms with Crippen molar-refractivity contribution in [3.05, 3.63) is 70.2 Å². The minimum absolute atomic E-state index is 0.0224. The molecule has 0 unspecified atom stereocenters. The summed E-state index contributed by atoms with van der Waals surface area (Å²) in [5, 5.41) is 22.6. The standard InChI is InChI=1S/C32H34N2O14/c1-43-19-7-5-15(9-21(19)47-13-23(33)35)17(11-25(37)45-3)27-29(39)31(41)28(32(42)30(27)40)18(12-26(38)46-4)16-6-8-20(44-2)22(10-16)48-14-24(34)36/h5-10,17-18,39,42H,11-14H2,1-4H3,(H2,33,35)(H2,34,36)/t17-,18+. The summed E-state index contributed by atoms with van der Waals surface area (Å²) in [5.41, 5.74) is 9.30. The number of ether oxygens (including phenoxy) is 6. The average Bonchev–Trinajstić information content (AvgIpc) is 3.07. The van der Waals surface area contributed by atoms with Gasteiger partial charge in [-0.1, -0.05) is 12.1 Å². The lowest BCUT2D eigenvalue weighted by molar-refractivity contribution is -0.142. The van der Waals surface area contributed by atoms with E-state index >= 15 is 0 Å². The van der Waals surface area contributed by atoms with Crippen LogP contribution in [0.1, 0.15) is 35.8 Å². The van der Waals surface area contributed by atoms with Crippen molar-refractivity contribution in [1.82, 2.24) is 0 Å². The first-order chi connectivity index (χ1) is 22.8. The van der Waals surface area contributed by atoms with Crippen LogP contribution in [0.3, 0.4) is 0 Å². The van der Waals surface area contributed by atoms with Gasteiger partial charge in [-0.05, 0) is 35.4 Å². The lowest BCUT2D eigenvalue weighted by atomic mass is 9.75. The number of methoxy groups -OCH3 is 4. The summed E-state index contributed by atoms with van der Waals surface area (Å²) in [5.74, 6) is -10.6. The molecule has 256 valence electrons. The Morgan fingerprint density at radius 1 is 0.625 bits per heavy atom. The van der Waals surface area contributed by atoms with Crippen molar-refractivity contribution >= 4 is 35.3 Å². The number of carbonyl (C=O) groups excluding carboxylic acids is 6. The summed E-state index contributed by atoms with van der Waals surface area (Å²) in [6.07, 6.45) is -1.19. The Labute approximate surface area is 273 Å². The molecule has 48 heavy (non-hydrogen) atoms. The fraction of sp³-hybridized carbons (Fsp3) is 0.312. The van der Waals surface area contributed by atoms with E-state index in [1.165, 1.54) is 50.6 Å². The summed E-state index contributed by atoms with van der Waals surface area (Å²) < 4.78 is 30.8. The molecule has 0 aliphatic heterocycles. The highest BCUT2D eigenvalue weighted by atomic mass is 16.5. The van der Waals surface area contributed by atoms with Crippen molar-refractivity contribution < 1.29 is 67.4 Å². The zero-order valence-corrected chi connectivity index (χ0v) is 26.4. The van der Waals surface area contributed by atoms with Crippen LogP contribution in [0.5, 0.6) is 23.0 Å². The van der Waals surface area contributed by atoms with Gasteiger partial charge in [0.2, 0.25) is 11.6 Å². The molecule has 1 aliphatic rings. The maximum atomic E-state index is 13.9. The van der Waals surface area contributed by atoms with E-state index < -0.39 is 95.9 Å². The van der Waals surface area contributed by atoms with E-state index in [4.69, 9.17) is 39.9 Å². The molecule has 0 aromatic heterocycles. The van der Waals surface area contributed by atoms with Gasteiger partial charge in [0, 0.05) is 11.8 Å². The fourth-order valence-electron chi connectivity index (χ4n) is 4.98. The number of Topliss-reactive ketones (excluding diaryl/α,β-unsaturated/α-hetero) is 2. The van der Waals surface area contributed by atoms with Crippen molar-refractivity contribution in [1.29, 1.82) is 0 Å². The molecule has 0 heterocycles. The smallest absolute Gasteiger partial charge is 0.306 e. The number of carbonyl (C=O) groups is 6. The minimum Gasteiger partial charge on any atom is -0.504 e. The predicted molar refractivity (Wildman–Crippen MR) is 163 cm³/mol. The summed E-state index contributed by atoms with van der Waals surface area (Å²) in [6.45, 7) is -1.11. The van der Waals surface area contributed by atoms with Crippen LogP contribution in [0, 0.1) is 0 Å². The van der Waals surface area contributed by atoms with E-state index in [0.29, 0.717) is 0 Å². The van der Waals surface area contributed by atoms with Gasteiger partial charge in [-0.25, -0.2) is 0 Å². The van der Waals surface area contributed by atoms with Gasteiger partial charge >= 0.3 is 11.9 Å². The zero-order valence-electron chi connectivity index (χ0n) is 26.4. The zero-order chi connectivity index (χ0) is 35.7. The van der Waals surface area contributed by atoms with Gasteiger partial charge in [-0.2, -0.15) is 0 Å². The topological polar surface area (TPSA) is 250 Å². The Bertz CT molecular complexity index is 1570. The van der Waals surface area contributed by atoms with Crippen molar-refractivity contribution in [2.24, 2.45) is 11.5 Å². The highest BCUT2D eigenvalue weighted by Crippen LogP contribution is 2.43.